The number of nitrogens with zero attached hydrogens (tertiary/aromatic N) is 4. The highest BCUT2D eigenvalue weighted by atomic mass is 16.2. The maximum Gasteiger partial charge on any atom is 0.254 e. The Bertz CT molecular complexity index is 782. The fraction of sp³-hybridized carbons (Fsp3) is 0.444. The van der Waals surface area contributed by atoms with Gasteiger partial charge in [-0.25, -0.2) is 4.98 Å². The molecular formula is C18H21N5O2. The number of carbonyl (C=O) groups is 2. The second-order valence-corrected chi connectivity index (χ2v) is 6.73. The van der Waals surface area contributed by atoms with E-state index in [0.717, 1.165) is 18.1 Å². The summed E-state index contributed by atoms with van der Waals surface area (Å²) in [5.74, 6) is 1.54. The van der Waals surface area contributed by atoms with Crippen LogP contribution >= 0.6 is 0 Å². The van der Waals surface area contributed by atoms with Crippen LogP contribution in [0.25, 0.3) is 0 Å². The molecule has 1 N–H and O–H groups in total. The van der Waals surface area contributed by atoms with E-state index in [1.54, 1.807) is 29.4 Å². The molecule has 1 aliphatic heterocycles. The van der Waals surface area contributed by atoms with Crippen molar-refractivity contribution in [2.45, 2.75) is 38.9 Å². The molecule has 1 fully saturated rings. The molecule has 2 aliphatic rings. The maximum atomic E-state index is 12.5. The van der Waals surface area contributed by atoms with Crippen LogP contribution in [0.1, 0.15) is 41.1 Å². The van der Waals surface area contributed by atoms with E-state index in [4.69, 9.17) is 0 Å². The van der Waals surface area contributed by atoms with Gasteiger partial charge in [0.1, 0.15) is 5.82 Å². The summed E-state index contributed by atoms with van der Waals surface area (Å²) in [4.78, 5) is 34.7. The Morgan fingerprint density at radius 1 is 1.20 bits per heavy atom. The average molecular weight is 339 g/mol. The molecule has 130 valence electrons. The molecule has 7 nitrogen and oxygen atoms in total. The maximum absolute atomic E-state index is 12.5. The summed E-state index contributed by atoms with van der Waals surface area (Å²) in [5.41, 5.74) is 1.49. The average Bonchev–Trinajstić information content (AvgIpc) is 3.35. The topological polar surface area (TPSA) is 80.1 Å². The zero-order chi connectivity index (χ0) is 17.2. The predicted molar refractivity (Wildman–Crippen MR) is 90.4 cm³/mol. The number of fused-ring (bicyclic) bond motifs is 1. The highest BCUT2D eigenvalue weighted by molar-refractivity contribution is 5.94. The molecule has 0 bridgehead atoms. The van der Waals surface area contributed by atoms with Gasteiger partial charge in [-0.3, -0.25) is 14.6 Å². The standard InChI is InChI=1S/C18H21N5O2/c24-17(9-13-1-2-13)20-10-15-11-22-7-8-23(12-16(22)21-15)18(25)14-3-5-19-6-4-14/h3-6,11,13H,1-2,7-10,12H2,(H,20,24). The molecule has 25 heavy (non-hydrogen) atoms. The van der Waals surface area contributed by atoms with E-state index in [9.17, 15) is 9.59 Å². The fourth-order valence-electron chi connectivity index (χ4n) is 3.09. The van der Waals surface area contributed by atoms with Crippen molar-refractivity contribution < 1.29 is 9.59 Å². The van der Waals surface area contributed by atoms with Crippen LogP contribution in [0.15, 0.2) is 30.7 Å². The molecular weight excluding hydrogens is 318 g/mol. The molecule has 4 rings (SSSR count). The fourth-order valence-corrected chi connectivity index (χ4v) is 3.09. The molecule has 2 amide bonds. The third kappa shape index (κ3) is 3.70. The summed E-state index contributed by atoms with van der Waals surface area (Å²) in [7, 11) is 0. The number of aromatic nitrogens is 3. The number of hydrogen-bond donors (Lipinski definition) is 1. The molecule has 1 saturated carbocycles. The van der Waals surface area contributed by atoms with Gasteiger partial charge in [0.2, 0.25) is 5.91 Å². The van der Waals surface area contributed by atoms with Crippen molar-refractivity contribution in [1.29, 1.82) is 0 Å². The van der Waals surface area contributed by atoms with E-state index >= 15 is 0 Å². The number of pyridine rings is 1. The van der Waals surface area contributed by atoms with Gasteiger partial charge in [-0.1, -0.05) is 0 Å². The van der Waals surface area contributed by atoms with Gasteiger partial charge in [0.25, 0.3) is 5.91 Å². The van der Waals surface area contributed by atoms with Crippen LogP contribution < -0.4 is 5.32 Å². The van der Waals surface area contributed by atoms with Crippen LogP contribution in [-0.2, 0) is 24.4 Å². The highest BCUT2D eigenvalue weighted by Crippen LogP contribution is 2.32. The number of hydrogen-bond acceptors (Lipinski definition) is 4. The van der Waals surface area contributed by atoms with Crippen LogP contribution in [-0.4, -0.2) is 37.8 Å². The number of amides is 2. The first-order valence-corrected chi connectivity index (χ1v) is 8.70. The van der Waals surface area contributed by atoms with Gasteiger partial charge >= 0.3 is 0 Å². The first kappa shape index (κ1) is 15.8. The van der Waals surface area contributed by atoms with Crippen molar-refractivity contribution in [3.05, 3.63) is 47.8 Å². The van der Waals surface area contributed by atoms with Gasteiger partial charge in [-0.15, -0.1) is 0 Å². The molecule has 2 aromatic heterocycles. The van der Waals surface area contributed by atoms with Crippen LogP contribution in [0.3, 0.4) is 0 Å². The minimum Gasteiger partial charge on any atom is -0.350 e. The number of imidazole rings is 1. The number of nitrogens with one attached hydrogen (secondary N) is 1. The van der Waals surface area contributed by atoms with E-state index in [2.05, 4.69) is 19.9 Å². The molecule has 0 unspecified atom stereocenters. The lowest BCUT2D eigenvalue weighted by Crippen LogP contribution is -2.38. The van der Waals surface area contributed by atoms with Gasteiger partial charge in [0, 0.05) is 43.7 Å². The lowest BCUT2D eigenvalue weighted by molar-refractivity contribution is -0.121. The molecule has 7 heteroatoms. The van der Waals surface area contributed by atoms with Crippen molar-refractivity contribution in [2.24, 2.45) is 5.92 Å². The van der Waals surface area contributed by atoms with Gasteiger partial charge in [-0.05, 0) is 30.9 Å². The Balaban J connectivity index is 1.37. The molecule has 2 aromatic rings. The van der Waals surface area contributed by atoms with Gasteiger partial charge in [0.05, 0.1) is 18.8 Å². The van der Waals surface area contributed by atoms with E-state index in [0.29, 0.717) is 37.5 Å². The van der Waals surface area contributed by atoms with Crippen LogP contribution in [0.4, 0.5) is 0 Å². The lowest BCUT2D eigenvalue weighted by Gasteiger charge is -2.27. The van der Waals surface area contributed by atoms with Gasteiger partial charge in [0.15, 0.2) is 0 Å². The van der Waals surface area contributed by atoms with Crippen molar-refractivity contribution in [3.63, 3.8) is 0 Å². The van der Waals surface area contributed by atoms with E-state index in [1.807, 2.05) is 6.20 Å². The minimum atomic E-state index is -0.00376. The second kappa shape index (κ2) is 6.66. The smallest absolute Gasteiger partial charge is 0.254 e. The van der Waals surface area contributed by atoms with E-state index in [-0.39, 0.29) is 11.8 Å². The van der Waals surface area contributed by atoms with Crippen molar-refractivity contribution in [1.82, 2.24) is 24.8 Å². The highest BCUT2D eigenvalue weighted by Gasteiger charge is 2.25. The summed E-state index contributed by atoms with van der Waals surface area (Å²) >= 11 is 0. The molecule has 3 heterocycles. The number of carbonyl (C=O) groups excluding carboxylic acids is 2. The van der Waals surface area contributed by atoms with E-state index < -0.39 is 0 Å². The lowest BCUT2D eigenvalue weighted by atomic mass is 10.2. The summed E-state index contributed by atoms with van der Waals surface area (Å²) in [6.45, 7) is 2.30. The molecule has 0 spiro atoms. The summed E-state index contributed by atoms with van der Waals surface area (Å²) in [5, 5.41) is 2.94. The minimum absolute atomic E-state index is 0.00376. The third-order valence-electron chi connectivity index (χ3n) is 4.70. The first-order chi connectivity index (χ1) is 12.2. The van der Waals surface area contributed by atoms with Crippen LogP contribution in [0.2, 0.25) is 0 Å². The van der Waals surface area contributed by atoms with Crippen molar-refractivity contribution in [2.75, 3.05) is 6.54 Å². The Hall–Kier alpha value is -2.70. The van der Waals surface area contributed by atoms with Crippen molar-refractivity contribution >= 4 is 11.8 Å². The van der Waals surface area contributed by atoms with Gasteiger partial charge < -0.3 is 14.8 Å². The Morgan fingerprint density at radius 2 is 2.00 bits per heavy atom. The van der Waals surface area contributed by atoms with Crippen molar-refractivity contribution in [3.8, 4) is 0 Å². The van der Waals surface area contributed by atoms with Gasteiger partial charge in [-0.2, -0.15) is 0 Å². The number of rotatable bonds is 5. The second-order valence-electron chi connectivity index (χ2n) is 6.73. The summed E-state index contributed by atoms with van der Waals surface area (Å²) < 4.78 is 2.07. The SMILES string of the molecule is O=C(CC1CC1)NCc1cn2c(n1)CN(C(=O)c1ccncc1)CC2. The Kier molecular flexibility index (Phi) is 4.21. The molecule has 0 aromatic carbocycles. The molecule has 0 atom stereocenters. The zero-order valence-corrected chi connectivity index (χ0v) is 14.0. The van der Waals surface area contributed by atoms with E-state index in [1.165, 1.54) is 12.8 Å². The first-order valence-electron chi connectivity index (χ1n) is 8.70. The molecule has 0 radical (unpaired) electrons. The summed E-state index contributed by atoms with van der Waals surface area (Å²) in [6.07, 6.45) is 8.20. The van der Waals surface area contributed by atoms with Crippen LogP contribution in [0.5, 0.6) is 0 Å². The Labute approximate surface area is 146 Å². The largest absolute Gasteiger partial charge is 0.350 e. The predicted octanol–water partition coefficient (Wildman–Crippen LogP) is 1.35. The Morgan fingerprint density at radius 3 is 2.76 bits per heavy atom. The molecule has 1 aliphatic carbocycles. The molecule has 0 saturated heterocycles. The normalized spacial score (nSPS) is 16.4. The quantitative estimate of drug-likeness (QED) is 0.892. The monoisotopic (exact) mass is 339 g/mol. The zero-order valence-electron chi connectivity index (χ0n) is 14.0. The third-order valence-corrected chi connectivity index (χ3v) is 4.70. The van der Waals surface area contributed by atoms with Crippen LogP contribution in [0, 0.1) is 5.92 Å². The summed E-state index contributed by atoms with van der Waals surface area (Å²) in [6, 6.07) is 3.45.